The highest BCUT2D eigenvalue weighted by molar-refractivity contribution is 6.76. The number of benzene rings is 1. The molecule has 6 heteroatoms. The smallest absolute Gasteiger partial charge is 0.241 e. The van der Waals surface area contributed by atoms with Crippen LogP contribution < -0.4 is 0 Å². The topological polar surface area (TPSA) is 30.9 Å². The number of hydrogen-bond donors (Lipinski definition) is 0. The minimum absolute atomic E-state index is 0.0347. The SMILES string of the molecule is C=C[Si](C)(C)ON1OC[C@@H]2[C@@]1(C)[C@@H](c1ccccc1)O[Si]2(C)C. The first-order valence-electron chi connectivity index (χ1n) is 8.19. The van der Waals surface area contributed by atoms with E-state index >= 15 is 0 Å². The number of hydrogen-bond acceptors (Lipinski definition) is 4. The van der Waals surface area contributed by atoms with Gasteiger partial charge < -0.3 is 8.95 Å². The molecule has 0 N–H and O–H groups in total. The van der Waals surface area contributed by atoms with Gasteiger partial charge in [0.25, 0.3) is 0 Å². The van der Waals surface area contributed by atoms with E-state index in [-0.39, 0.29) is 11.6 Å². The van der Waals surface area contributed by atoms with Gasteiger partial charge in [0.2, 0.25) is 8.32 Å². The fraction of sp³-hybridized carbons (Fsp3) is 0.529. The van der Waals surface area contributed by atoms with Crippen molar-refractivity contribution in [2.24, 2.45) is 0 Å². The number of fused-ring (bicyclic) bond motifs is 1. The summed E-state index contributed by atoms with van der Waals surface area (Å²) >= 11 is 0. The second-order valence-corrected chi connectivity index (χ2v) is 15.7. The molecule has 0 aliphatic carbocycles. The van der Waals surface area contributed by atoms with Crippen molar-refractivity contribution in [3.05, 3.63) is 48.2 Å². The zero-order valence-electron chi connectivity index (χ0n) is 14.7. The Bertz CT molecular complexity index is 593. The van der Waals surface area contributed by atoms with Crippen LogP contribution in [0.15, 0.2) is 42.6 Å². The Morgan fingerprint density at radius 2 is 2.00 bits per heavy atom. The van der Waals surface area contributed by atoms with Crippen LogP contribution in [0.5, 0.6) is 0 Å². The highest BCUT2D eigenvalue weighted by atomic mass is 28.4. The molecule has 0 saturated carbocycles. The monoisotopic (exact) mass is 349 g/mol. The second kappa shape index (κ2) is 5.65. The Balaban J connectivity index is 1.99. The summed E-state index contributed by atoms with van der Waals surface area (Å²) < 4.78 is 12.9. The lowest BCUT2D eigenvalue weighted by Gasteiger charge is -2.39. The third-order valence-corrected chi connectivity index (χ3v) is 10.1. The zero-order valence-corrected chi connectivity index (χ0v) is 16.7. The van der Waals surface area contributed by atoms with Crippen molar-refractivity contribution < 1.29 is 13.8 Å². The molecule has 126 valence electrons. The third kappa shape index (κ3) is 2.77. The summed E-state index contributed by atoms with van der Waals surface area (Å²) in [6, 6.07) is 10.4. The molecule has 2 heterocycles. The molecule has 0 spiro atoms. The Morgan fingerprint density at radius 1 is 1.35 bits per heavy atom. The maximum absolute atomic E-state index is 6.61. The molecule has 4 nitrogen and oxygen atoms in total. The summed E-state index contributed by atoms with van der Waals surface area (Å²) in [5.41, 5.74) is 3.19. The van der Waals surface area contributed by atoms with Crippen LogP contribution in [0.3, 0.4) is 0 Å². The first-order valence-corrected chi connectivity index (χ1v) is 14.2. The molecule has 23 heavy (non-hydrogen) atoms. The minimum atomic E-state index is -2.00. The summed E-state index contributed by atoms with van der Waals surface area (Å²) in [5.74, 6) is 0. The molecule has 0 radical (unpaired) electrons. The highest BCUT2D eigenvalue weighted by Crippen LogP contribution is 2.58. The molecule has 2 aliphatic heterocycles. The zero-order chi connectivity index (χ0) is 16.9. The van der Waals surface area contributed by atoms with Crippen LogP contribution in [0, 0.1) is 0 Å². The van der Waals surface area contributed by atoms with Crippen molar-refractivity contribution in [3.8, 4) is 0 Å². The van der Waals surface area contributed by atoms with Crippen molar-refractivity contribution in [3.63, 3.8) is 0 Å². The quantitative estimate of drug-likeness (QED) is 0.762. The average molecular weight is 350 g/mol. The van der Waals surface area contributed by atoms with Gasteiger partial charge in [0.15, 0.2) is 8.32 Å². The average Bonchev–Trinajstić information content (AvgIpc) is 2.93. The lowest BCUT2D eigenvalue weighted by atomic mass is 9.87. The molecule has 1 aromatic rings. The van der Waals surface area contributed by atoms with E-state index in [9.17, 15) is 0 Å². The lowest BCUT2D eigenvalue weighted by Crippen LogP contribution is -2.50. The Morgan fingerprint density at radius 3 is 2.61 bits per heavy atom. The van der Waals surface area contributed by atoms with Gasteiger partial charge in [-0.25, -0.2) is 0 Å². The Labute approximate surface area is 141 Å². The Kier molecular flexibility index (Phi) is 4.19. The minimum Gasteiger partial charge on any atom is -0.408 e. The van der Waals surface area contributed by atoms with Crippen LogP contribution in [-0.2, 0) is 13.8 Å². The van der Waals surface area contributed by atoms with Gasteiger partial charge in [-0.05, 0) is 38.7 Å². The molecule has 2 aliphatic rings. The first-order chi connectivity index (χ1) is 10.7. The van der Waals surface area contributed by atoms with E-state index in [1.807, 2.05) is 11.8 Å². The van der Waals surface area contributed by atoms with Crippen LogP contribution in [0.4, 0.5) is 0 Å². The van der Waals surface area contributed by atoms with Gasteiger partial charge in [-0.3, -0.25) is 4.84 Å². The van der Waals surface area contributed by atoms with Crippen LogP contribution in [0.25, 0.3) is 0 Å². The summed E-state index contributed by atoms with van der Waals surface area (Å²) in [7, 11) is -3.87. The van der Waals surface area contributed by atoms with Crippen LogP contribution in [0.1, 0.15) is 18.6 Å². The highest BCUT2D eigenvalue weighted by Gasteiger charge is 2.66. The van der Waals surface area contributed by atoms with E-state index in [0.717, 1.165) is 0 Å². The van der Waals surface area contributed by atoms with Crippen LogP contribution >= 0.6 is 0 Å². The normalized spacial score (nSPS) is 33.6. The molecule has 3 atom stereocenters. The molecule has 0 aromatic heterocycles. The largest absolute Gasteiger partial charge is 0.408 e. The fourth-order valence-corrected chi connectivity index (χ4v) is 7.71. The van der Waals surface area contributed by atoms with Crippen molar-refractivity contribution in [1.82, 2.24) is 5.23 Å². The standard InChI is InChI=1S/C17H27NO3Si2/c1-7-22(3,4)21-18-17(2)15(13-19-18)23(5,6)20-16(17)14-11-9-8-10-12-14/h7-12,15-16H,1,13H2,2-6H3/t15-,16-,17+/m1/s1. The van der Waals surface area contributed by atoms with Gasteiger partial charge >= 0.3 is 0 Å². The summed E-state index contributed by atoms with van der Waals surface area (Å²) in [6.45, 7) is 15.6. The number of hydroxylamine groups is 2. The van der Waals surface area contributed by atoms with E-state index in [0.29, 0.717) is 12.1 Å². The molecule has 3 rings (SSSR count). The van der Waals surface area contributed by atoms with E-state index in [1.165, 1.54) is 5.56 Å². The molecule has 2 saturated heterocycles. The maximum atomic E-state index is 6.61. The lowest BCUT2D eigenvalue weighted by molar-refractivity contribution is -0.342. The molecule has 1 aromatic carbocycles. The van der Waals surface area contributed by atoms with Crippen molar-refractivity contribution in [1.29, 1.82) is 0 Å². The van der Waals surface area contributed by atoms with E-state index in [4.69, 9.17) is 13.8 Å². The van der Waals surface area contributed by atoms with E-state index in [2.05, 4.69) is 64.0 Å². The predicted molar refractivity (Wildman–Crippen MR) is 96.5 cm³/mol. The maximum Gasteiger partial charge on any atom is 0.241 e. The molecule has 0 unspecified atom stereocenters. The number of rotatable bonds is 4. The van der Waals surface area contributed by atoms with Crippen LogP contribution in [0.2, 0.25) is 31.7 Å². The van der Waals surface area contributed by atoms with Gasteiger partial charge in [0.05, 0.1) is 12.7 Å². The van der Waals surface area contributed by atoms with Gasteiger partial charge in [-0.15, -0.1) is 6.58 Å². The van der Waals surface area contributed by atoms with Gasteiger partial charge in [0, 0.05) is 5.54 Å². The van der Waals surface area contributed by atoms with Gasteiger partial charge in [0.1, 0.15) is 5.54 Å². The third-order valence-electron chi connectivity index (χ3n) is 5.16. The molecular formula is C17H27NO3Si2. The summed E-state index contributed by atoms with van der Waals surface area (Å²) in [5, 5.41) is 1.75. The molecular weight excluding hydrogens is 322 g/mol. The predicted octanol–water partition coefficient (Wildman–Crippen LogP) is 4.20. The fourth-order valence-electron chi connectivity index (χ4n) is 3.67. The van der Waals surface area contributed by atoms with Crippen LogP contribution in [-0.4, -0.2) is 34.0 Å². The van der Waals surface area contributed by atoms with Crippen molar-refractivity contribution in [2.75, 3.05) is 6.61 Å². The summed E-state index contributed by atoms with van der Waals surface area (Å²) in [6.07, 6.45) is -0.0347. The molecule has 0 bridgehead atoms. The van der Waals surface area contributed by atoms with Gasteiger partial charge in [-0.2, -0.15) is 0 Å². The van der Waals surface area contributed by atoms with E-state index in [1.54, 1.807) is 5.23 Å². The first kappa shape index (κ1) is 17.1. The number of nitrogens with zero attached hydrogens (tertiary/aromatic N) is 1. The Hall–Kier alpha value is -0.766. The second-order valence-electron chi connectivity index (χ2n) is 7.74. The van der Waals surface area contributed by atoms with Crippen molar-refractivity contribution >= 4 is 16.6 Å². The van der Waals surface area contributed by atoms with E-state index < -0.39 is 16.6 Å². The molecule has 0 amide bonds. The molecule has 2 fully saturated rings. The summed E-state index contributed by atoms with van der Waals surface area (Å²) in [4.78, 5) is 6.00. The van der Waals surface area contributed by atoms with Gasteiger partial charge in [-0.1, -0.05) is 41.3 Å². The van der Waals surface area contributed by atoms with Crippen molar-refractivity contribution in [2.45, 2.75) is 50.3 Å².